The number of carbonyl (C=O) groups excluding carboxylic acids is 1. The standard InChI is InChI=1S/C22H25ClN6O2/c1-22(2,3)31-21(30)28-11-9-16-18(26-20(23)27-19(16)28)15-12-25-29(13-15)17(8-10-24)14-6-4-5-7-14/h9,11-14,17H,4-8H2,1-3H3/t17-/m1/s1. The number of hydrogen-bond acceptors (Lipinski definition) is 6. The molecule has 3 aromatic heterocycles. The van der Waals surface area contributed by atoms with Crippen molar-refractivity contribution in [3.05, 3.63) is 29.9 Å². The smallest absolute Gasteiger partial charge is 0.420 e. The van der Waals surface area contributed by atoms with E-state index in [4.69, 9.17) is 16.3 Å². The zero-order valence-corrected chi connectivity index (χ0v) is 18.6. The SMILES string of the molecule is CC(C)(C)OC(=O)n1ccc2c(-c3cnn([C@H](CC#N)C4CCCC4)c3)nc(Cl)nc21. The van der Waals surface area contributed by atoms with Crippen molar-refractivity contribution in [1.82, 2.24) is 24.3 Å². The minimum atomic E-state index is -0.634. The number of nitriles is 1. The molecule has 0 radical (unpaired) electrons. The van der Waals surface area contributed by atoms with Gasteiger partial charge in [-0.05, 0) is 57.2 Å². The molecule has 1 fully saturated rings. The van der Waals surface area contributed by atoms with Crippen LogP contribution in [0.15, 0.2) is 24.7 Å². The van der Waals surface area contributed by atoms with E-state index in [2.05, 4.69) is 21.1 Å². The quantitative estimate of drug-likeness (QED) is 0.505. The van der Waals surface area contributed by atoms with Gasteiger partial charge in [0.05, 0.1) is 30.4 Å². The van der Waals surface area contributed by atoms with Crippen LogP contribution >= 0.6 is 11.6 Å². The lowest BCUT2D eigenvalue weighted by Gasteiger charge is -2.21. The Balaban J connectivity index is 1.72. The minimum absolute atomic E-state index is 0.0307. The molecule has 0 aromatic carbocycles. The van der Waals surface area contributed by atoms with Crippen molar-refractivity contribution in [2.45, 2.75) is 64.5 Å². The highest BCUT2D eigenvalue weighted by molar-refractivity contribution is 6.28. The van der Waals surface area contributed by atoms with E-state index in [0.29, 0.717) is 29.1 Å². The van der Waals surface area contributed by atoms with E-state index in [9.17, 15) is 10.1 Å². The van der Waals surface area contributed by atoms with E-state index in [-0.39, 0.29) is 11.3 Å². The molecule has 0 amide bonds. The Hall–Kier alpha value is -2.92. The third kappa shape index (κ3) is 4.42. The minimum Gasteiger partial charge on any atom is -0.443 e. The van der Waals surface area contributed by atoms with Crippen molar-refractivity contribution in [3.8, 4) is 17.3 Å². The monoisotopic (exact) mass is 440 g/mol. The summed E-state index contributed by atoms with van der Waals surface area (Å²) in [4.78, 5) is 21.3. The first-order valence-corrected chi connectivity index (χ1v) is 10.8. The highest BCUT2D eigenvalue weighted by Gasteiger charge is 2.28. The van der Waals surface area contributed by atoms with Crippen molar-refractivity contribution < 1.29 is 9.53 Å². The van der Waals surface area contributed by atoms with Crippen LogP contribution in [-0.2, 0) is 4.74 Å². The van der Waals surface area contributed by atoms with Gasteiger partial charge in [0.1, 0.15) is 5.60 Å². The van der Waals surface area contributed by atoms with Crippen LogP contribution in [0.3, 0.4) is 0 Å². The fraction of sp³-hybridized carbons (Fsp3) is 0.500. The molecule has 9 heteroatoms. The number of ether oxygens (including phenoxy) is 1. The number of halogens is 1. The third-order valence-corrected chi connectivity index (χ3v) is 5.74. The summed E-state index contributed by atoms with van der Waals surface area (Å²) >= 11 is 6.21. The zero-order chi connectivity index (χ0) is 22.2. The molecule has 0 aliphatic heterocycles. The van der Waals surface area contributed by atoms with E-state index in [1.165, 1.54) is 17.4 Å². The average Bonchev–Trinajstić information content (AvgIpc) is 3.44. The molecule has 0 N–H and O–H groups in total. The molecule has 0 bridgehead atoms. The van der Waals surface area contributed by atoms with Gasteiger partial charge in [-0.25, -0.2) is 14.3 Å². The lowest BCUT2D eigenvalue weighted by Crippen LogP contribution is -2.26. The van der Waals surface area contributed by atoms with Crippen LogP contribution in [0, 0.1) is 17.2 Å². The predicted octanol–water partition coefficient (Wildman–Crippen LogP) is 5.38. The first-order chi connectivity index (χ1) is 14.8. The van der Waals surface area contributed by atoms with Crippen LogP contribution in [0.25, 0.3) is 22.3 Å². The predicted molar refractivity (Wildman–Crippen MR) is 117 cm³/mol. The number of rotatable bonds is 4. The van der Waals surface area contributed by atoms with Gasteiger partial charge in [-0.2, -0.15) is 15.3 Å². The second-order valence-corrected chi connectivity index (χ2v) is 9.27. The van der Waals surface area contributed by atoms with Gasteiger partial charge < -0.3 is 4.74 Å². The number of fused-ring (bicyclic) bond motifs is 1. The van der Waals surface area contributed by atoms with E-state index >= 15 is 0 Å². The van der Waals surface area contributed by atoms with Crippen LogP contribution in [0.4, 0.5) is 4.79 Å². The fourth-order valence-electron chi connectivity index (χ4n) is 4.22. The van der Waals surface area contributed by atoms with Crippen molar-refractivity contribution >= 4 is 28.7 Å². The molecule has 8 nitrogen and oxygen atoms in total. The number of aromatic nitrogens is 5. The molecular formula is C22H25ClN6O2. The molecule has 3 heterocycles. The van der Waals surface area contributed by atoms with Crippen molar-refractivity contribution in [2.75, 3.05) is 0 Å². The number of carbonyl (C=O) groups is 1. The van der Waals surface area contributed by atoms with Gasteiger partial charge in [0.25, 0.3) is 0 Å². The van der Waals surface area contributed by atoms with Crippen molar-refractivity contribution in [3.63, 3.8) is 0 Å². The summed E-state index contributed by atoms with van der Waals surface area (Å²) in [5, 5.41) is 14.6. The Morgan fingerprint density at radius 3 is 2.77 bits per heavy atom. The second-order valence-electron chi connectivity index (χ2n) is 8.93. The molecule has 1 saturated carbocycles. The number of hydrogen-bond donors (Lipinski definition) is 0. The third-order valence-electron chi connectivity index (χ3n) is 5.57. The largest absolute Gasteiger partial charge is 0.443 e. The maximum Gasteiger partial charge on any atom is 0.420 e. The Bertz CT molecular complexity index is 1150. The Morgan fingerprint density at radius 2 is 2.10 bits per heavy atom. The Kier molecular flexibility index (Phi) is 5.71. The van der Waals surface area contributed by atoms with Gasteiger partial charge in [0, 0.05) is 23.3 Å². The highest BCUT2D eigenvalue weighted by Crippen LogP contribution is 2.37. The molecule has 1 aliphatic carbocycles. The molecule has 3 aromatic rings. The summed E-state index contributed by atoms with van der Waals surface area (Å²) in [6.45, 7) is 5.42. The van der Waals surface area contributed by atoms with Gasteiger partial charge in [-0.3, -0.25) is 4.68 Å². The van der Waals surface area contributed by atoms with Gasteiger partial charge in [0.2, 0.25) is 5.28 Å². The van der Waals surface area contributed by atoms with Crippen LogP contribution in [0.1, 0.15) is 58.9 Å². The van der Waals surface area contributed by atoms with Crippen LogP contribution in [-0.4, -0.2) is 36.0 Å². The Labute approximate surface area is 185 Å². The fourth-order valence-corrected chi connectivity index (χ4v) is 4.38. The van der Waals surface area contributed by atoms with Crippen molar-refractivity contribution in [1.29, 1.82) is 5.26 Å². The summed E-state index contributed by atoms with van der Waals surface area (Å²) in [5.41, 5.74) is 1.09. The summed E-state index contributed by atoms with van der Waals surface area (Å²) in [7, 11) is 0. The van der Waals surface area contributed by atoms with Crippen LogP contribution in [0.5, 0.6) is 0 Å². The molecule has 4 rings (SSSR count). The lowest BCUT2D eigenvalue weighted by molar-refractivity contribution is 0.0543. The van der Waals surface area contributed by atoms with E-state index in [0.717, 1.165) is 18.4 Å². The molecule has 31 heavy (non-hydrogen) atoms. The average molecular weight is 441 g/mol. The lowest BCUT2D eigenvalue weighted by atomic mass is 9.96. The summed E-state index contributed by atoms with van der Waals surface area (Å²) in [6, 6.07) is 4.11. The normalized spacial score (nSPS) is 15.8. The Morgan fingerprint density at radius 1 is 1.35 bits per heavy atom. The molecule has 0 spiro atoms. The molecule has 0 saturated heterocycles. The molecule has 1 aliphatic rings. The topological polar surface area (TPSA) is 98.6 Å². The zero-order valence-electron chi connectivity index (χ0n) is 17.9. The molecule has 0 unspecified atom stereocenters. The highest BCUT2D eigenvalue weighted by atomic mass is 35.5. The molecular weight excluding hydrogens is 416 g/mol. The van der Waals surface area contributed by atoms with E-state index in [1.54, 1.807) is 39.2 Å². The van der Waals surface area contributed by atoms with E-state index < -0.39 is 11.7 Å². The van der Waals surface area contributed by atoms with Crippen LogP contribution < -0.4 is 0 Å². The molecule has 162 valence electrons. The molecule has 1 atom stereocenters. The van der Waals surface area contributed by atoms with E-state index in [1.807, 2.05) is 10.9 Å². The summed E-state index contributed by atoms with van der Waals surface area (Å²) in [6.07, 6.45) is 9.74. The maximum atomic E-state index is 12.6. The van der Waals surface area contributed by atoms with Crippen molar-refractivity contribution in [2.24, 2.45) is 5.92 Å². The van der Waals surface area contributed by atoms with Crippen LogP contribution in [0.2, 0.25) is 5.28 Å². The summed E-state index contributed by atoms with van der Waals surface area (Å²) < 4.78 is 8.68. The van der Waals surface area contributed by atoms with Gasteiger partial charge in [0.15, 0.2) is 5.65 Å². The maximum absolute atomic E-state index is 12.6. The summed E-state index contributed by atoms with van der Waals surface area (Å²) in [5.74, 6) is 0.453. The number of nitrogens with zero attached hydrogens (tertiary/aromatic N) is 6. The first-order valence-electron chi connectivity index (χ1n) is 10.5. The van der Waals surface area contributed by atoms with Gasteiger partial charge in [-0.1, -0.05) is 12.8 Å². The van der Waals surface area contributed by atoms with Gasteiger partial charge in [-0.15, -0.1) is 0 Å². The van der Waals surface area contributed by atoms with Gasteiger partial charge >= 0.3 is 6.09 Å². The second kappa shape index (κ2) is 8.31. The first kappa shape index (κ1) is 21.3.